The highest BCUT2D eigenvalue weighted by Gasteiger charge is 2.27. The number of carbonyl (C=O) groups excluding carboxylic acids is 1. The van der Waals surface area contributed by atoms with Gasteiger partial charge in [0, 0.05) is 24.2 Å². The minimum absolute atomic E-state index is 0. The fourth-order valence-corrected chi connectivity index (χ4v) is 3.36. The molecule has 0 bridgehead atoms. The zero-order valence-electron chi connectivity index (χ0n) is 18.1. The Morgan fingerprint density at radius 2 is 1.07 bits per heavy atom. The van der Waals surface area contributed by atoms with Crippen molar-refractivity contribution in [3.63, 3.8) is 0 Å². The number of hydrogen-bond acceptors (Lipinski definition) is 5. The molecule has 0 aliphatic heterocycles. The monoisotopic (exact) mass is 454 g/mol. The minimum Gasteiger partial charge on any atom is -0.494 e. The first kappa shape index (κ1) is 26.2. The van der Waals surface area contributed by atoms with E-state index >= 15 is 0 Å². The number of fused-ring (bicyclic) bond motifs is 3. The van der Waals surface area contributed by atoms with Crippen molar-refractivity contribution in [3.05, 3.63) is 47.5 Å². The van der Waals surface area contributed by atoms with Crippen LogP contribution in [0.1, 0.15) is 28.8 Å². The Bertz CT molecular complexity index is 774. The molecule has 0 amide bonds. The average molecular weight is 455 g/mol. The van der Waals surface area contributed by atoms with Crippen LogP contribution in [-0.2, 0) is 0 Å². The highest BCUT2D eigenvalue weighted by atomic mass is 35.5. The van der Waals surface area contributed by atoms with E-state index in [1.165, 1.54) is 0 Å². The molecule has 0 spiro atoms. The van der Waals surface area contributed by atoms with E-state index in [0.29, 0.717) is 24.3 Å². The van der Waals surface area contributed by atoms with Crippen LogP contribution in [0, 0.1) is 0 Å². The van der Waals surface area contributed by atoms with Crippen LogP contribution < -0.4 is 9.47 Å². The van der Waals surface area contributed by atoms with E-state index in [4.69, 9.17) is 9.47 Å². The van der Waals surface area contributed by atoms with Crippen molar-refractivity contribution in [1.82, 2.24) is 9.80 Å². The van der Waals surface area contributed by atoms with Crippen LogP contribution in [0.15, 0.2) is 36.4 Å². The normalized spacial score (nSPS) is 11.6. The van der Waals surface area contributed by atoms with Crippen molar-refractivity contribution < 1.29 is 14.3 Å². The molecule has 0 atom stereocenters. The van der Waals surface area contributed by atoms with Crippen molar-refractivity contribution >= 4 is 30.6 Å². The van der Waals surface area contributed by atoms with Crippen LogP contribution in [-0.4, -0.2) is 70.1 Å². The lowest BCUT2D eigenvalue weighted by Crippen LogP contribution is -2.15. The third kappa shape index (κ3) is 6.61. The number of halogens is 2. The molecule has 0 fully saturated rings. The maximum absolute atomic E-state index is 12.9. The number of hydrogen-bond donors (Lipinski definition) is 0. The maximum Gasteiger partial charge on any atom is 0.194 e. The van der Waals surface area contributed by atoms with Gasteiger partial charge in [-0.25, -0.2) is 0 Å². The Labute approximate surface area is 192 Å². The van der Waals surface area contributed by atoms with Crippen molar-refractivity contribution in [2.75, 3.05) is 54.5 Å². The average Bonchev–Trinajstić information content (AvgIpc) is 2.94. The molecule has 0 aromatic heterocycles. The van der Waals surface area contributed by atoms with E-state index in [-0.39, 0.29) is 30.6 Å². The summed E-state index contributed by atoms with van der Waals surface area (Å²) in [6.07, 6.45) is 1.90. The summed E-state index contributed by atoms with van der Waals surface area (Å²) in [5.74, 6) is 1.54. The van der Waals surface area contributed by atoms with Crippen molar-refractivity contribution in [3.8, 4) is 22.6 Å². The topological polar surface area (TPSA) is 42.0 Å². The Kier molecular flexibility index (Phi) is 10.6. The first-order valence-corrected chi connectivity index (χ1v) is 9.84. The quantitative estimate of drug-likeness (QED) is 0.424. The van der Waals surface area contributed by atoms with E-state index < -0.39 is 0 Å². The molecular weight excluding hydrogens is 423 g/mol. The van der Waals surface area contributed by atoms with Gasteiger partial charge in [-0.05, 0) is 88.6 Å². The van der Waals surface area contributed by atoms with E-state index in [1.54, 1.807) is 0 Å². The molecule has 0 unspecified atom stereocenters. The van der Waals surface area contributed by atoms with Crippen LogP contribution >= 0.6 is 24.8 Å². The molecule has 0 saturated heterocycles. The SMILES string of the molecule is CN(C)CCCOc1ccc2c(c1)C(=O)c1cc(OCCCN(C)C)ccc1-2.Cl.Cl. The number of ketones is 1. The predicted octanol–water partition coefficient (Wildman–Crippen LogP) is 4.40. The van der Waals surface area contributed by atoms with Gasteiger partial charge in [-0.1, -0.05) is 0 Å². The van der Waals surface area contributed by atoms with Crippen molar-refractivity contribution in [1.29, 1.82) is 0 Å². The zero-order valence-corrected chi connectivity index (χ0v) is 19.8. The summed E-state index contributed by atoms with van der Waals surface area (Å²) in [4.78, 5) is 17.2. The first-order chi connectivity index (χ1) is 13.5. The van der Waals surface area contributed by atoms with E-state index in [2.05, 4.69) is 9.80 Å². The third-order valence-electron chi connectivity index (χ3n) is 4.80. The van der Waals surface area contributed by atoms with Gasteiger partial charge in [0.25, 0.3) is 0 Å². The Hall–Kier alpha value is -1.79. The highest BCUT2D eigenvalue weighted by Crippen LogP contribution is 2.39. The molecule has 30 heavy (non-hydrogen) atoms. The van der Waals surface area contributed by atoms with Crippen molar-refractivity contribution in [2.24, 2.45) is 0 Å². The predicted molar refractivity (Wildman–Crippen MR) is 127 cm³/mol. The fourth-order valence-electron chi connectivity index (χ4n) is 3.36. The van der Waals surface area contributed by atoms with Gasteiger partial charge in [0.15, 0.2) is 5.78 Å². The molecule has 166 valence electrons. The maximum atomic E-state index is 12.9. The molecule has 0 radical (unpaired) electrons. The molecule has 1 aliphatic rings. The molecule has 2 aromatic rings. The van der Waals surface area contributed by atoms with Crippen LogP contribution in [0.25, 0.3) is 11.1 Å². The number of benzene rings is 2. The Morgan fingerprint density at radius 1 is 0.667 bits per heavy atom. The smallest absolute Gasteiger partial charge is 0.194 e. The summed E-state index contributed by atoms with van der Waals surface area (Å²) < 4.78 is 11.7. The van der Waals surface area contributed by atoms with Gasteiger partial charge in [-0.3, -0.25) is 4.79 Å². The van der Waals surface area contributed by atoms with Gasteiger partial charge in [0.1, 0.15) is 11.5 Å². The second kappa shape index (κ2) is 12.2. The van der Waals surface area contributed by atoms with E-state index in [9.17, 15) is 4.79 Å². The molecule has 5 nitrogen and oxygen atoms in total. The number of carbonyl (C=O) groups is 1. The lowest BCUT2D eigenvalue weighted by atomic mass is 10.1. The number of rotatable bonds is 10. The van der Waals surface area contributed by atoms with Crippen LogP contribution in [0.4, 0.5) is 0 Å². The second-order valence-corrected chi connectivity index (χ2v) is 7.75. The molecule has 0 saturated carbocycles. The first-order valence-electron chi connectivity index (χ1n) is 9.84. The summed E-state index contributed by atoms with van der Waals surface area (Å²) in [5, 5.41) is 0. The summed E-state index contributed by atoms with van der Waals surface area (Å²) in [7, 11) is 8.19. The summed E-state index contributed by atoms with van der Waals surface area (Å²) in [6, 6.07) is 11.6. The van der Waals surface area contributed by atoms with Gasteiger partial charge in [-0.2, -0.15) is 0 Å². The third-order valence-corrected chi connectivity index (χ3v) is 4.80. The summed E-state index contributed by atoms with van der Waals surface area (Å²) in [6.45, 7) is 3.24. The van der Waals surface area contributed by atoms with Gasteiger partial charge in [-0.15, -0.1) is 24.8 Å². The Balaban J connectivity index is 0.00000225. The molecule has 2 aromatic carbocycles. The van der Waals surface area contributed by atoms with E-state index in [1.807, 2.05) is 64.6 Å². The van der Waals surface area contributed by atoms with Crippen LogP contribution in [0.3, 0.4) is 0 Å². The zero-order chi connectivity index (χ0) is 20.1. The minimum atomic E-state index is 0. The second-order valence-electron chi connectivity index (χ2n) is 7.75. The van der Waals surface area contributed by atoms with Gasteiger partial charge in [0.2, 0.25) is 0 Å². The van der Waals surface area contributed by atoms with Crippen molar-refractivity contribution in [2.45, 2.75) is 12.8 Å². The molecular formula is C23H32Cl2N2O3. The van der Waals surface area contributed by atoms with Gasteiger partial charge in [0.05, 0.1) is 13.2 Å². The lowest BCUT2D eigenvalue weighted by Gasteiger charge is -2.11. The van der Waals surface area contributed by atoms with Crippen LogP contribution in [0.5, 0.6) is 11.5 Å². The number of nitrogens with zero attached hydrogens (tertiary/aromatic N) is 2. The highest BCUT2D eigenvalue weighted by molar-refractivity contribution is 6.22. The molecule has 3 rings (SSSR count). The standard InChI is InChI=1S/C23H30N2O3.2ClH/c1-24(2)11-5-13-27-17-7-9-19-20-10-8-18(28-14-6-12-25(3)4)16-22(20)23(26)21(19)15-17;;/h7-10,15-16H,5-6,11-14H2,1-4H3;2*1H. The van der Waals surface area contributed by atoms with E-state index in [0.717, 1.165) is 48.6 Å². The fraction of sp³-hybridized carbons (Fsp3) is 0.435. The number of ether oxygens (including phenoxy) is 2. The lowest BCUT2D eigenvalue weighted by molar-refractivity contribution is 0.104. The van der Waals surface area contributed by atoms with Crippen LogP contribution in [0.2, 0.25) is 0 Å². The van der Waals surface area contributed by atoms with Gasteiger partial charge >= 0.3 is 0 Å². The molecule has 1 aliphatic carbocycles. The summed E-state index contributed by atoms with van der Waals surface area (Å²) in [5.41, 5.74) is 3.37. The largest absolute Gasteiger partial charge is 0.494 e. The Morgan fingerprint density at radius 3 is 1.43 bits per heavy atom. The molecule has 0 heterocycles. The molecule has 7 heteroatoms. The molecule has 0 N–H and O–H groups in total. The summed E-state index contributed by atoms with van der Waals surface area (Å²) >= 11 is 0. The van der Waals surface area contributed by atoms with Gasteiger partial charge < -0.3 is 19.3 Å².